The first kappa shape index (κ1) is 10.3. The van der Waals surface area contributed by atoms with Crippen molar-refractivity contribution in [2.75, 3.05) is 6.54 Å². The highest BCUT2D eigenvalue weighted by molar-refractivity contribution is 5.79. The molecule has 0 bridgehead atoms. The summed E-state index contributed by atoms with van der Waals surface area (Å²) >= 11 is 0. The van der Waals surface area contributed by atoms with Crippen LogP contribution in [0.25, 0.3) is 0 Å². The molecule has 0 spiro atoms. The van der Waals surface area contributed by atoms with Crippen molar-refractivity contribution in [1.82, 2.24) is 4.90 Å². The van der Waals surface area contributed by atoms with Crippen molar-refractivity contribution in [3.8, 4) is 6.07 Å². The van der Waals surface area contributed by atoms with Crippen LogP contribution >= 0.6 is 0 Å². The standard InChI is InChI=1S/C14H14N2O/c15-8-10-7-14(17)16(9-10)13-6-5-11-3-1-2-4-12(11)13/h1-4,10,13H,5-7,9H2. The molecule has 1 aliphatic carbocycles. The van der Waals surface area contributed by atoms with E-state index in [1.807, 2.05) is 17.0 Å². The van der Waals surface area contributed by atoms with Gasteiger partial charge in [0.05, 0.1) is 18.0 Å². The van der Waals surface area contributed by atoms with Crippen LogP contribution in [0.15, 0.2) is 24.3 Å². The molecule has 1 saturated heterocycles. The van der Waals surface area contributed by atoms with E-state index in [2.05, 4.69) is 18.2 Å². The number of amides is 1. The molecule has 2 aliphatic rings. The Balaban J connectivity index is 1.88. The summed E-state index contributed by atoms with van der Waals surface area (Å²) in [5.74, 6) is 0.0218. The third kappa shape index (κ3) is 1.61. The van der Waals surface area contributed by atoms with Crippen molar-refractivity contribution >= 4 is 5.91 Å². The van der Waals surface area contributed by atoms with Gasteiger partial charge in [-0.3, -0.25) is 4.79 Å². The molecule has 17 heavy (non-hydrogen) atoms. The molecule has 3 heteroatoms. The van der Waals surface area contributed by atoms with E-state index < -0.39 is 0 Å². The molecule has 0 radical (unpaired) electrons. The molecular weight excluding hydrogens is 212 g/mol. The minimum absolute atomic E-state index is 0.115. The monoisotopic (exact) mass is 226 g/mol. The number of benzene rings is 1. The highest BCUT2D eigenvalue weighted by Gasteiger charge is 2.37. The molecule has 0 aromatic heterocycles. The lowest BCUT2D eigenvalue weighted by Gasteiger charge is -2.24. The second-order valence-corrected chi connectivity index (χ2v) is 4.83. The number of likely N-dealkylation sites (tertiary alicyclic amines) is 1. The van der Waals surface area contributed by atoms with Gasteiger partial charge in [0.15, 0.2) is 0 Å². The molecule has 1 amide bonds. The summed E-state index contributed by atoms with van der Waals surface area (Å²) in [7, 11) is 0. The lowest BCUT2D eigenvalue weighted by Crippen LogP contribution is -2.28. The lowest BCUT2D eigenvalue weighted by atomic mass is 10.1. The summed E-state index contributed by atoms with van der Waals surface area (Å²) < 4.78 is 0. The summed E-state index contributed by atoms with van der Waals surface area (Å²) in [5.41, 5.74) is 2.63. The first-order chi connectivity index (χ1) is 8.29. The smallest absolute Gasteiger partial charge is 0.224 e. The van der Waals surface area contributed by atoms with E-state index >= 15 is 0 Å². The number of carbonyl (C=O) groups excluding carboxylic acids is 1. The fourth-order valence-electron chi connectivity index (χ4n) is 2.98. The molecule has 3 rings (SSSR count). The van der Waals surface area contributed by atoms with Crippen LogP contribution in [0, 0.1) is 17.2 Å². The molecule has 1 aliphatic heterocycles. The second-order valence-electron chi connectivity index (χ2n) is 4.83. The summed E-state index contributed by atoms with van der Waals surface area (Å²) in [5, 5.41) is 8.91. The molecule has 0 saturated carbocycles. The Bertz CT molecular complexity index is 503. The van der Waals surface area contributed by atoms with Crippen LogP contribution in [-0.2, 0) is 11.2 Å². The van der Waals surface area contributed by atoms with Gasteiger partial charge in [0.2, 0.25) is 5.91 Å². The number of aryl methyl sites for hydroxylation is 1. The normalized spacial score (nSPS) is 27.0. The molecular formula is C14H14N2O. The quantitative estimate of drug-likeness (QED) is 0.735. The minimum atomic E-state index is -0.115. The highest BCUT2D eigenvalue weighted by atomic mass is 16.2. The van der Waals surface area contributed by atoms with Gasteiger partial charge in [0, 0.05) is 13.0 Å². The van der Waals surface area contributed by atoms with Gasteiger partial charge in [0.1, 0.15) is 0 Å². The Labute approximate surface area is 101 Å². The Morgan fingerprint density at radius 3 is 2.94 bits per heavy atom. The Kier molecular flexibility index (Phi) is 2.36. The van der Waals surface area contributed by atoms with Crippen molar-refractivity contribution in [1.29, 1.82) is 5.26 Å². The van der Waals surface area contributed by atoms with Gasteiger partial charge < -0.3 is 4.90 Å². The average Bonchev–Trinajstić information content (AvgIpc) is 2.92. The summed E-state index contributed by atoms with van der Waals surface area (Å²) in [6.45, 7) is 0.605. The summed E-state index contributed by atoms with van der Waals surface area (Å²) in [6, 6.07) is 10.7. The molecule has 1 heterocycles. The van der Waals surface area contributed by atoms with Crippen LogP contribution in [0.5, 0.6) is 0 Å². The number of rotatable bonds is 1. The first-order valence-corrected chi connectivity index (χ1v) is 6.06. The maximum atomic E-state index is 11.9. The number of hydrogen-bond acceptors (Lipinski definition) is 2. The lowest BCUT2D eigenvalue weighted by molar-refractivity contribution is -0.129. The van der Waals surface area contributed by atoms with E-state index in [1.54, 1.807) is 0 Å². The fourth-order valence-corrected chi connectivity index (χ4v) is 2.98. The number of nitriles is 1. The van der Waals surface area contributed by atoms with Crippen LogP contribution < -0.4 is 0 Å². The molecule has 2 unspecified atom stereocenters. The average molecular weight is 226 g/mol. The van der Waals surface area contributed by atoms with Crippen LogP contribution in [0.3, 0.4) is 0 Å². The molecule has 0 N–H and O–H groups in total. The van der Waals surface area contributed by atoms with Crippen molar-refractivity contribution in [3.05, 3.63) is 35.4 Å². The van der Waals surface area contributed by atoms with Crippen LogP contribution in [-0.4, -0.2) is 17.4 Å². The van der Waals surface area contributed by atoms with Gasteiger partial charge in [-0.05, 0) is 24.0 Å². The van der Waals surface area contributed by atoms with Crippen molar-refractivity contribution in [3.63, 3.8) is 0 Å². The van der Waals surface area contributed by atoms with Crippen molar-refractivity contribution in [2.45, 2.75) is 25.3 Å². The van der Waals surface area contributed by atoms with E-state index in [0.717, 1.165) is 12.8 Å². The maximum Gasteiger partial charge on any atom is 0.224 e. The van der Waals surface area contributed by atoms with Crippen LogP contribution in [0.2, 0.25) is 0 Å². The molecule has 1 fully saturated rings. The van der Waals surface area contributed by atoms with E-state index in [-0.39, 0.29) is 17.9 Å². The number of carbonyl (C=O) groups is 1. The molecule has 2 atom stereocenters. The predicted octanol–water partition coefficient (Wildman–Crippen LogP) is 2.05. The maximum absolute atomic E-state index is 11.9. The Morgan fingerprint density at radius 2 is 2.18 bits per heavy atom. The zero-order chi connectivity index (χ0) is 11.8. The van der Waals surface area contributed by atoms with Gasteiger partial charge in [-0.2, -0.15) is 5.26 Å². The topological polar surface area (TPSA) is 44.1 Å². The minimum Gasteiger partial charge on any atom is -0.334 e. The van der Waals surface area contributed by atoms with E-state index in [0.29, 0.717) is 13.0 Å². The Morgan fingerprint density at radius 1 is 1.35 bits per heavy atom. The molecule has 1 aromatic carbocycles. The zero-order valence-corrected chi connectivity index (χ0v) is 9.60. The third-order valence-corrected chi connectivity index (χ3v) is 3.82. The van der Waals surface area contributed by atoms with E-state index in [1.165, 1.54) is 11.1 Å². The van der Waals surface area contributed by atoms with Crippen LogP contribution in [0.1, 0.15) is 30.0 Å². The van der Waals surface area contributed by atoms with Crippen molar-refractivity contribution < 1.29 is 4.79 Å². The van der Waals surface area contributed by atoms with Gasteiger partial charge in [-0.1, -0.05) is 24.3 Å². The van der Waals surface area contributed by atoms with Gasteiger partial charge in [-0.25, -0.2) is 0 Å². The molecule has 86 valence electrons. The molecule has 3 nitrogen and oxygen atoms in total. The third-order valence-electron chi connectivity index (χ3n) is 3.82. The van der Waals surface area contributed by atoms with Gasteiger partial charge in [-0.15, -0.1) is 0 Å². The fraction of sp³-hybridized carbons (Fsp3) is 0.429. The SMILES string of the molecule is N#CC1CC(=O)N(C2CCc3ccccc32)C1. The highest BCUT2D eigenvalue weighted by Crippen LogP contribution is 2.38. The van der Waals surface area contributed by atoms with E-state index in [9.17, 15) is 4.79 Å². The van der Waals surface area contributed by atoms with Crippen LogP contribution in [0.4, 0.5) is 0 Å². The number of fused-ring (bicyclic) bond motifs is 1. The van der Waals surface area contributed by atoms with Gasteiger partial charge >= 0.3 is 0 Å². The Hall–Kier alpha value is -1.82. The summed E-state index contributed by atoms with van der Waals surface area (Å²) in [4.78, 5) is 13.8. The van der Waals surface area contributed by atoms with Gasteiger partial charge in [0.25, 0.3) is 0 Å². The predicted molar refractivity (Wildman–Crippen MR) is 62.9 cm³/mol. The first-order valence-electron chi connectivity index (χ1n) is 6.06. The number of hydrogen-bond donors (Lipinski definition) is 0. The van der Waals surface area contributed by atoms with Crippen molar-refractivity contribution in [2.24, 2.45) is 5.92 Å². The zero-order valence-electron chi connectivity index (χ0n) is 9.60. The summed E-state index contributed by atoms with van der Waals surface area (Å²) in [6.07, 6.45) is 2.44. The number of nitrogens with zero attached hydrogens (tertiary/aromatic N) is 2. The van der Waals surface area contributed by atoms with E-state index in [4.69, 9.17) is 5.26 Å². The largest absolute Gasteiger partial charge is 0.334 e. The molecule has 1 aromatic rings. The second kappa shape index (κ2) is 3.89.